The van der Waals surface area contributed by atoms with E-state index >= 15 is 0 Å². The lowest BCUT2D eigenvalue weighted by Gasteiger charge is -2.16. The van der Waals surface area contributed by atoms with Crippen molar-refractivity contribution in [2.75, 3.05) is 13.1 Å². The lowest BCUT2D eigenvalue weighted by Crippen LogP contribution is -2.28. The Balaban J connectivity index is 2.59. The maximum Gasteiger partial charge on any atom is 0.126 e. The van der Waals surface area contributed by atoms with Crippen molar-refractivity contribution in [3.63, 3.8) is 0 Å². The molecule has 0 saturated carbocycles. The van der Waals surface area contributed by atoms with Gasteiger partial charge in [0.15, 0.2) is 0 Å². The third kappa shape index (κ3) is 3.88. The van der Waals surface area contributed by atoms with Crippen LogP contribution in [0.3, 0.4) is 0 Å². The van der Waals surface area contributed by atoms with Gasteiger partial charge in [-0.3, -0.25) is 0 Å². The first-order valence-electron chi connectivity index (χ1n) is 5.27. The van der Waals surface area contributed by atoms with Gasteiger partial charge < -0.3 is 10.1 Å². The monoisotopic (exact) mass is 211 g/mol. The van der Waals surface area contributed by atoms with Crippen molar-refractivity contribution in [3.8, 4) is 5.75 Å². The number of likely N-dealkylation sites (N-methyl/N-ethyl adjacent to an activating group) is 1. The quantitative estimate of drug-likeness (QED) is 0.808. The topological polar surface area (TPSA) is 21.3 Å². The van der Waals surface area contributed by atoms with Gasteiger partial charge in [-0.15, -0.1) is 0 Å². The summed E-state index contributed by atoms with van der Waals surface area (Å²) in [4.78, 5) is 0. The third-order valence-electron chi connectivity index (χ3n) is 2.16. The Bertz CT molecular complexity index is 314. The van der Waals surface area contributed by atoms with Crippen LogP contribution in [0, 0.1) is 12.7 Å². The van der Waals surface area contributed by atoms with Crippen LogP contribution in [-0.4, -0.2) is 19.2 Å². The van der Waals surface area contributed by atoms with Gasteiger partial charge in [-0.25, -0.2) is 4.39 Å². The zero-order valence-electron chi connectivity index (χ0n) is 9.51. The SMILES string of the molecule is CCNCC(C)Oc1cc(F)ccc1C. The molecule has 0 fully saturated rings. The first-order valence-corrected chi connectivity index (χ1v) is 5.27. The zero-order valence-corrected chi connectivity index (χ0v) is 9.51. The average molecular weight is 211 g/mol. The van der Waals surface area contributed by atoms with Gasteiger partial charge >= 0.3 is 0 Å². The number of rotatable bonds is 5. The molecule has 3 heteroatoms. The first kappa shape index (κ1) is 12.0. The fourth-order valence-electron chi connectivity index (χ4n) is 1.31. The van der Waals surface area contributed by atoms with Crippen molar-refractivity contribution in [2.45, 2.75) is 26.9 Å². The third-order valence-corrected chi connectivity index (χ3v) is 2.16. The summed E-state index contributed by atoms with van der Waals surface area (Å²) in [6.45, 7) is 7.60. The van der Waals surface area contributed by atoms with E-state index in [1.165, 1.54) is 12.1 Å². The molecule has 0 bridgehead atoms. The summed E-state index contributed by atoms with van der Waals surface area (Å²) in [6.07, 6.45) is 0.0467. The molecule has 1 atom stereocenters. The lowest BCUT2D eigenvalue weighted by molar-refractivity contribution is 0.216. The van der Waals surface area contributed by atoms with Gasteiger partial charge in [0.25, 0.3) is 0 Å². The summed E-state index contributed by atoms with van der Waals surface area (Å²) in [5, 5.41) is 3.18. The molecule has 0 aromatic heterocycles. The van der Waals surface area contributed by atoms with E-state index in [0.717, 1.165) is 18.7 Å². The molecule has 0 heterocycles. The molecule has 0 aliphatic carbocycles. The Morgan fingerprint density at radius 2 is 2.20 bits per heavy atom. The number of aryl methyl sites for hydroxylation is 1. The van der Waals surface area contributed by atoms with Crippen LogP contribution >= 0.6 is 0 Å². The predicted molar refractivity (Wildman–Crippen MR) is 59.8 cm³/mol. The Morgan fingerprint density at radius 1 is 1.47 bits per heavy atom. The van der Waals surface area contributed by atoms with E-state index in [1.54, 1.807) is 6.07 Å². The molecule has 15 heavy (non-hydrogen) atoms. The first-order chi connectivity index (χ1) is 7.13. The van der Waals surface area contributed by atoms with Crippen LogP contribution in [0.1, 0.15) is 19.4 Å². The fourth-order valence-corrected chi connectivity index (χ4v) is 1.31. The summed E-state index contributed by atoms with van der Waals surface area (Å²) in [6, 6.07) is 4.60. The maximum atomic E-state index is 13.0. The molecule has 84 valence electrons. The minimum Gasteiger partial charge on any atom is -0.489 e. The van der Waals surface area contributed by atoms with Crippen LogP contribution < -0.4 is 10.1 Å². The molecule has 1 rings (SSSR count). The van der Waals surface area contributed by atoms with Gasteiger partial charge in [-0.1, -0.05) is 13.0 Å². The number of hydrogen-bond donors (Lipinski definition) is 1. The van der Waals surface area contributed by atoms with Crippen molar-refractivity contribution in [1.82, 2.24) is 5.32 Å². The Labute approximate surface area is 90.4 Å². The number of halogens is 1. The van der Waals surface area contributed by atoms with Gasteiger partial charge in [0.05, 0.1) is 0 Å². The smallest absolute Gasteiger partial charge is 0.126 e. The molecule has 0 spiro atoms. The lowest BCUT2D eigenvalue weighted by atomic mass is 10.2. The summed E-state index contributed by atoms with van der Waals surface area (Å²) < 4.78 is 18.6. The van der Waals surface area contributed by atoms with E-state index in [1.807, 2.05) is 20.8 Å². The second-order valence-corrected chi connectivity index (χ2v) is 3.65. The van der Waals surface area contributed by atoms with Gasteiger partial charge in [0.1, 0.15) is 17.7 Å². The second-order valence-electron chi connectivity index (χ2n) is 3.65. The molecule has 0 aliphatic rings. The number of hydrogen-bond acceptors (Lipinski definition) is 2. The van der Waals surface area contributed by atoms with E-state index in [0.29, 0.717) is 5.75 Å². The van der Waals surface area contributed by atoms with Crippen molar-refractivity contribution in [3.05, 3.63) is 29.6 Å². The van der Waals surface area contributed by atoms with E-state index in [2.05, 4.69) is 5.32 Å². The largest absolute Gasteiger partial charge is 0.489 e. The van der Waals surface area contributed by atoms with Crippen LogP contribution in [0.5, 0.6) is 5.75 Å². The highest BCUT2D eigenvalue weighted by Gasteiger charge is 2.06. The number of nitrogens with one attached hydrogen (secondary N) is 1. The van der Waals surface area contributed by atoms with Crippen LogP contribution in [-0.2, 0) is 0 Å². The highest BCUT2D eigenvalue weighted by molar-refractivity contribution is 5.32. The number of benzene rings is 1. The minimum atomic E-state index is -0.258. The Kier molecular flexibility index (Phi) is 4.56. The van der Waals surface area contributed by atoms with Crippen molar-refractivity contribution in [2.24, 2.45) is 0 Å². The van der Waals surface area contributed by atoms with Gasteiger partial charge in [-0.05, 0) is 32.0 Å². The molecular formula is C12H18FNO. The zero-order chi connectivity index (χ0) is 11.3. The molecular weight excluding hydrogens is 193 g/mol. The molecule has 0 aliphatic heterocycles. The highest BCUT2D eigenvalue weighted by Crippen LogP contribution is 2.19. The molecule has 1 unspecified atom stereocenters. The van der Waals surface area contributed by atoms with Crippen LogP contribution in [0.4, 0.5) is 4.39 Å². The Morgan fingerprint density at radius 3 is 2.87 bits per heavy atom. The molecule has 0 amide bonds. The normalized spacial score (nSPS) is 12.5. The van der Waals surface area contributed by atoms with Gasteiger partial charge in [0.2, 0.25) is 0 Å². The molecule has 0 radical (unpaired) electrons. The summed E-state index contributed by atoms with van der Waals surface area (Å²) >= 11 is 0. The van der Waals surface area contributed by atoms with E-state index in [4.69, 9.17) is 4.74 Å². The van der Waals surface area contributed by atoms with Crippen LogP contribution in [0.15, 0.2) is 18.2 Å². The highest BCUT2D eigenvalue weighted by atomic mass is 19.1. The van der Waals surface area contributed by atoms with E-state index < -0.39 is 0 Å². The molecule has 1 aromatic rings. The predicted octanol–water partition coefficient (Wildman–Crippen LogP) is 2.51. The fraction of sp³-hybridized carbons (Fsp3) is 0.500. The standard InChI is InChI=1S/C12H18FNO/c1-4-14-8-10(3)15-12-7-11(13)6-5-9(12)2/h5-7,10,14H,4,8H2,1-3H3. The second kappa shape index (κ2) is 5.71. The van der Waals surface area contributed by atoms with Crippen LogP contribution in [0.25, 0.3) is 0 Å². The van der Waals surface area contributed by atoms with Crippen molar-refractivity contribution in [1.29, 1.82) is 0 Å². The molecule has 1 aromatic carbocycles. The van der Waals surface area contributed by atoms with Gasteiger partial charge in [-0.2, -0.15) is 0 Å². The summed E-state index contributed by atoms with van der Waals surface area (Å²) in [5.74, 6) is 0.367. The number of ether oxygens (including phenoxy) is 1. The summed E-state index contributed by atoms with van der Waals surface area (Å²) in [5.41, 5.74) is 0.958. The van der Waals surface area contributed by atoms with Crippen molar-refractivity contribution < 1.29 is 9.13 Å². The summed E-state index contributed by atoms with van der Waals surface area (Å²) in [7, 11) is 0. The van der Waals surface area contributed by atoms with Crippen molar-refractivity contribution >= 4 is 0 Å². The molecule has 1 N–H and O–H groups in total. The molecule has 0 saturated heterocycles. The van der Waals surface area contributed by atoms with Gasteiger partial charge in [0, 0.05) is 12.6 Å². The minimum absolute atomic E-state index is 0.0467. The average Bonchev–Trinajstić information content (AvgIpc) is 2.20. The van der Waals surface area contributed by atoms with E-state index in [9.17, 15) is 4.39 Å². The van der Waals surface area contributed by atoms with Crippen LogP contribution in [0.2, 0.25) is 0 Å². The Hall–Kier alpha value is -1.09. The molecule has 2 nitrogen and oxygen atoms in total. The van der Waals surface area contributed by atoms with E-state index in [-0.39, 0.29) is 11.9 Å². The maximum absolute atomic E-state index is 13.0.